The molecule has 1 spiro atoms. The maximum atomic E-state index is 12.6. The van der Waals surface area contributed by atoms with Gasteiger partial charge in [0.2, 0.25) is 5.91 Å². The van der Waals surface area contributed by atoms with E-state index in [4.69, 9.17) is 14.2 Å². The third-order valence-electron chi connectivity index (χ3n) is 4.51. The normalized spacial score (nSPS) is 36.4. The average Bonchev–Trinajstić information content (AvgIpc) is 3.08. The lowest BCUT2D eigenvalue weighted by Gasteiger charge is -2.22. The quantitative estimate of drug-likeness (QED) is 0.402. The van der Waals surface area contributed by atoms with Crippen molar-refractivity contribution in [2.75, 3.05) is 33.4 Å². The zero-order valence-corrected chi connectivity index (χ0v) is 12.4. The van der Waals surface area contributed by atoms with Crippen molar-refractivity contribution < 1.29 is 23.8 Å². The number of nitrogens with zero attached hydrogens (tertiary/aromatic N) is 1. The first-order valence-electron chi connectivity index (χ1n) is 7.44. The van der Waals surface area contributed by atoms with Crippen molar-refractivity contribution in [3.05, 3.63) is 12.2 Å². The summed E-state index contributed by atoms with van der Waals surface area (Å²) in [5, 5.41) is 0. The number of hydrogen-bond donors (Lipinski definition) is 0. The molecule has 0 radical (unpaired) electrons. The van der Waals surface area contributed by atoms with Gasteiger partial charge in [-0.25, -0.2) is 0 Å². The molecule has 0 aromatic carbocycles. The van der Waals surface area contributed by atoms with E-state index in [1.54, 1.807) is 18.9 Å². The van der Waals surface area contributed by atoms with Crippen LogP contribution < -0.4 is 0 Å². The second-order valence-electron chi connectivity index (χ2n) is 5.76. The first kappa shape index (κ1) is 14.5. The Morgan fingerprint density at radius 2 is 2.38 bits per heavy atom. The maximum Gasteiger partial charge on any atom is 0.312 e. The van der Waals surface area contributed by atoms with E-state index in [1.165, 1.54) is 0 Å². The summed E-state index contributed by atoms with van der Waals surface area (Å²) in [6.07, 6.45) is 4.30. The number of esters is 1. The van der Waals surface area contributed by atoms with Gasteiger partial charge in [-0.2, -0.15) is 0 Å². The van der Waals surface area contributed by atoms with Crippen LogP contribution in [0, 0.1) is 11.8 Å². The van der Waals surface area contributed by atoms with Crippen LogP contribution in [-0.4, -0.2) is 61.9 Å². The average molecular weight is 295 g/mol. The molecule has 3 rings (SSSR count). The van der Waals surface area contributed by atoms with Crippen LogP contribution in [-0.2, 0) is 23.8 Å². The van der Waals surface area contributed by atoms with Crippen LogP contribution in [0.2, 0.25) is 0 Å². The van der Waals surface area contributed by atoms with Crippen molar-refractivity contribution in [2.45, 2.75) is 25.0 Å². The van der Waals surface area contributed by atoms with E-state index in [1.807, 2.05) is 12.2 Å². The van der Waals surface area contributed by atoms with Crippen molar-refractivity contribution in [1.82, 2.24) is 4.90 Å². The van der Waals surface area contributed by atoms with Crippen LogP contribution in [0.5, 0.6) is 0 Å². The molecule has 0 saturated carbocycles. The van der Waals surface area contributed by atoms with Gasteiger partial charge in [0.25, 0.3) is 0 Å². The van der Waals surface area contributed by atoms with Crippen molar-refractivity contribution in [3.63, 3.8) is 0 Å². The molecule has 4 atom stereocenters. The van der Waals surface area contributed by atoms with Gasteiger partial charge in [0.05, 0.1) is 25.2 Å². The predicted molar refractivity (Wildman–Crippen MR) is 73.4 cm³/mol. The molecule has 6 heteroatoms. The van der Waals surface area contributed by atoms with Crippen LogP contribution in [0.1, 0.15) is 13.3 Å². The number of carbonyl (C=O) groups is 2. The van der Waals surface area contributed by atoms with Crippen LogP contribution in [0.4, 0.5) is 0 Å². The summed E-state index contributed by atoms with van der Waals surface area (Å²) in [5.74, 6) is -1.27. The maximum absolute atomic E-state index is 12.6. The monoisotopic (exact) mass is 295 g/mol. The topological polar surface area (TPSA) is 65.1 Å². The van der Waals surface area contributed by atoms with Gasteiger partial charge in [-0.3, -0.25) is 9.59 Å². The zero-order chi connectivity index (χ0) is 15.0. The zero-order valence-electron chi connectivity index (χ0n) is 12.4. The molecule has 6 nitrogen and oxygen atoms in total. The highest BCUT2D eigenvalue weighted by Gasteiger charge is 2.67. The molecule has 0 aliphatic carbocycles. The number of hydrogen-bond acceptors (Lipinski definition) is 5. The predicted octanol–water partition coefficient (Wildman–Crippen LogP) is 0.368. The minimum atomic E-state index is -0.633. The van der Waals surface area contributed by atoms with E-state index in [9.17, 15) is 9.59 Å². The van der Waals surface area contributed by atoms with Gasteiger partial charge >= 0.3 is 5.97 Å². The number of carbonyl (C=O) groups excluding carboxylic acids is 2. The van der Waals surface area contributed by atoms with Crippen molar-refractivity contribution in [3.8, 4) is 0 Å². The molecule has 3 heterocycles. The minimum absolute atomic E-state index is 0.00370. The molecular formula is C15H21NO5. The van der Waals surface area contributed by atoms with Crippen LogP contribution in [0.25, 0.3) is 0 Å². The lowest BCUT2D eigenvalue weighted by atomic mass is 9.77. The van der Waals surface area contributed by atoms with Gasteiger partial charge in [0.15, 0.2) is 0 Å². The summed E-state index contributed by atoms with van der Waals surface area (Å²) in [5.41, 5.74) is -0.633. The second kappa shape index (κ2) is 5.42. The number of fused-ring (bicyclic) bond motifs is 1. The van der Waals surface area contributed by atoms with E-state index >= 15 is 0 Å². The van der Waals surface area contributed by atoms with Gasteiger partial charge in [-0.1, -0.05) is 12.2 Å². The number of rotatable bonds is 6. The fourth-order valence-corrected chi connectivity index (χ4v) is 3.67. The smallest absolute Gasteiger partial charge is 0.312 e. The number of methoxy groups -OCH3 is 1. The van der Waals surface area contributed by atoms with Gasteiger partial charge < -0.3 is 19.1 Å². The fourth-order valence-electron chi connectivity index (χ4n) is 3.67. The van der Waals surface area contributed by atoms with E-state index in [-0.39, 0.29) is 18.0 Å². The third kappa shape index (κ3) is 2.17. The molecule has 2 fully saturated rings. The van der Waals surface area contributed by atoms with Crippen molar-refractivity contribution in [2.24, 2.45) is 11.8 Å². The second-order valence-corrected chi connectivity index (χ2v) is 5.76. The molecule has 3 aliphatic heterocycles. The highest BCUT2D eigenvalue weighted by atomic mass is 16.6. The van der Waals surface area contributed by atoms with Crippen LogP contribution in [0.15, 0.2) is 12.2 Å². The van der Waals surface area contributed by atoms with E-state index in [2.05, 4.69) is 0 Å². The molecule has 0 N–H and O–H groups in total. The first-order valence-corrected chi connectivity index (χ1v) is 7.44. The highest BCUT2D eigenvalue weighted by molar-refractivity contribution is 5.91. The first-order chi connectivity index (χ1) is 10.1. The molecular weight excluding hydrogens is 274 g/mol. The van der Waals surface area contributed by atoms with Crippen LogP contribution in [0.3, 0.4) is 0 Å². The van der Waals surface area contributed by atoms with Gasteiger partial charge in [-0.15, -0.1) is 0 Å². The van der Waals surface area contributed by atoms with Crippen molar-refractivity contribution >= 4 is 11.9 Å². The number of likely N-dealkylation sites (tertiary alicyclic amines) is 1. The Balaban J connectivity index is 1.77. The molecule has 2 saturated heterocycles. The fraction of sp³-hybridized carbons (Fsp3) is 0.733. The Kier molecular flexibility index (Phi) is 3.75. The van der Waals surface area contributed by atoms with Gasteiger partial charge in [0, 0.05) is 20.3 Å². The highest BCUT2D eigenvalue weighted by Crippen LogP contribution is 2.52. The standard InChI is InChI=1S/C15H21NO5/c1-3-20-14(18)11-10-5-6-15(21-10)9-16(7-4-8-19-2)13(17)12(11)15/h5-6,10-12H,3-4,7-9H2,1-2H3/t10-,11+,12+,15+/m1/s1. The van der Waals surface area contributed by atoms with E-state index in [0.29, 0.717) is 26.3 Å². The van der Waals surface area contributed by atoms with Gasteiger partial charge in [0.1, 0.15) is 11.5 Å². The third-order valence-corrected chi connectivity index (χ3v) is 4.51. The molecule has 2 bridgehead atoms. The largest absolute Gasteiger partial charge is 0.466 e. The van der Waals surface area contributed by atoms with Crippen LogP contribution >= 0.6 is 0 Å². The Labute approximate surface area is 124 Å². The number of ether oxygens (including phenoxy) is 3. The number of amides is 1. The lowest BCUT2D eigenvalue weighted by molar-refractivity contribution is -0.153. The summed E-state index contributed by atoms with van der Waals surface area (Å²) in [7, 11) is 1.64. The molecule has 21 heavy (non-hydrogen) atoms. The summed E-state index contributed by atoms with van der Waals surface area (Å²) in [4.78, 5) is 26.6. The van der Waals surface area contributed by atoms with Gasteiger partial charge in [-0.05, 0) is 13.3 Å². The minimum Gasteiger partial charge on any atom is -0.466 e. The Hall–Kier alpha value is -1.40. The molecule has 3 aliphatic rings. The summed E-state index contributed by atoms with van der Waals surface area (Å²) in [6.45, 7) is 3.84. The van der Waals surface area contributed by atoms with E-state index < -0.39 is 17.4 Å². The summed E-state index contributed by atoms with van der Waals surface area (Å²) < 4.78 is 16.1. The van der Waals surface area contributed by atoms with E-state index in [0.717, 1.165) is 6.42 Å². The lowest BCUT2D eigenvalue weighted by Crippen LogP contribution is -2.40. The summed E-state index contributed by atoms with van der Waals surface area (Å²) in [6, 6.07) is 0. The SMILES string of the molecule is CCOC(=O)[C@@H]1[C@H]2C(=O)N(CCCOC)C[C@@]23C=C[C@H]1O3. The molecule has 0 aromatic heterocycles. The molecule has 116 valence electrons. The summed E-state index contributed by atoms with van der Waals surface area (Å²) >= 11 is 0. The Morgan fingerprint density at radius 3 is 3.10 bits per heavy atom. The molecule has 1 amide bonds. The molecule has 0 aromatic rings. The Morgan fingerprint density at radius 1 is 1.57 bits per heavy atom. The molecule has 0 unspecified atom stereocenters. The Bertz CT molecular complexity index is 477. The van der Waals surface area contributed by atoms with Crippen molar-refractivity contribution in [1.29, 1.82) is 0 Å².